The molecular formula is C18H23NO5S. The van der Waals surface area contributed by atoms with E-state index in [1.54, 1.807) is 17.0 Å². The molecule has 1 spiro atoms. The van der Waals surface area contributed by atoms with Crippen LogP contribution in [0.2, 0.25) is 0 Å². The van der Waals surface area contributed by atoms with Crippen LogP contribution < -0.4 is 0 Å². The van der Waals surface area contributed by atoms with E-state index in [-0.39, 0.29) is 36.4 Å². The Kier molecular flexibility index (Phi) is 4.03. The van der Waals surface area contributed by atoms with Gasteiger partial charge in [-0.3, -0.25) is 4.79 Å². The number of hydrogen-bond donors (Lipinski definition) is 1. The van der Waals surface area contributed by atoms with Crippen LogP contribution in [0.1, 0.15) is 29.6 Å². The molecule has 4 rings (SSSR count). The zero-order valence-corrected chi connectivity index (χ0v) is 14.9. The van der Waals surface area contributed by atoms with Gasteiger partial charge in [0.25, 0.3) is 5.91 Å². The predicted molar refractivity (Wildman–Crippen MR) is 92.2 cm³/mol. The van der Waals surface area contributed by atoms with Crippen LogP contribution in [-0.2, 0) is 14.6 Å². The third kappa shape index (κ3) is 2.93. The largest absolute Gasteiger partial charge is 0.508 e. The highest BCUT2D eigenvalue weighted by Crippen LogP contribution is 2.45. The number of benzene rings is 1. The summed E-state index contributed by atoms with van der Waals surface area (Å²) in [5.74, 6) is 0.587. The first-order chi connectivity index (χ1) is 11.9. The summed E-state index contributed by atoms with van der Waals surface area (Å²) in [6, 6.07) is 6.15. The van der Waals surface area contributed by atoms with Crippen LogP contribution in [0.5, 0.6) is 5.75 Å². The molecule has 0 radical (unpaired) electrons. The van der Waals surface area contributed by atoms with Gasteiger partial charge < -0.3 is 14.7 Å². The minimum absolute atomic E-state index is 0.0286. The predicted octanol–water partition coefficient (Wildman–Crippen LogP) is 1.45. The van der Waals surface area contributed by atoms with E-state index in [2.05, 4.69) is 0 Å². The van der Waals surface area contributed by atoms with Gasteiger partial charge in [-0.05, 0) is 43.4 Å². The molecule has 2 saturated heterocycles. The Morgan fingerprint density at radius 1 is 1.24 bits per heavy atom. The van der Waals surface area contributed by atoms with Crippen molar-refractivity contribution < 1.29 is 23.1 Å². The van der Waals surface area contributed by atoms with Crippen molar-refractivity contribution in [1.29, 1.82) is 0 Å². The summed E-state index contributed by atoms with van der Waals surface area (Å²) in [5, 5.41) is 9.53. The first-order valence-corrected chi connectivity index (χ1v) is 10.4. The molecule has 7 heteroatoms. The van der Waals surface area contributed by atoms with Crippen molar-refractivity contribution in [2.75, 3.05) is 32.1 Å². The lowest BCUT2D eigenvalue weighted by Gasteiger charge is -2.49. The number of hydrogen-bond acceptors (Lipinski definition) is 5. The quantitative estimate of drug-likeness (QED) is 0.854. The van der Waals surface area contributed by atoms with E-state index in [4.69, 9.17) is 4.74 Å². The van der Waals surface area contributed by atoms with E-state index in [1.165, 1.54) is 25.0 Å². The van der Waals surface area contributed by atoms with Crippen molar-refractivity contribution in [2.45, 2.75) is 24.0 Å². The van der Waals surface area contributed by atoms with Crippen LogP contribution in [0.4, 0.5) is 0 Å². The summed E-state index contributed by atoms with van der Waals surface area (Å²) in [6.45, 7) is 1.63. The summed E-state index contributed by atoms with van der Waals surface area (Å²) in [4.78, 5) is 14.1. The molecule has 2 heterocycles. The summed E-state index contributed by atoms with van der Waals surface area (Å²) < 4.78 is 30.1. The lowest BCUT2D eigenvalue weighted by molar-refractivity contribution is 0.0228. The van der Waals surface area contributed by atoms with Crippen molar-refractivity contribution >= 4 is 15.7 Å². The van der Waals surface area contributed by atoms with Crippen LogP contribution in [-0.4, -0.2) is 61.1 Å². The Labute approximate surface area is 147 Å². The molecule has 1 saturated carbocycles. The smallest absolute Gasteiger partial charge is 0.254 e. The van der Waals surface area contributed by atoms with Crippen LogP contribution in [0.15, 0.2) is 24.3 Å². The summed E-state index contributed by atoms with van der Waals surface area (Å²) in [6.07, 6.45) is 3.03. The Hall–Kier alpha value is -1.60. The highest BCUT2D eigenvalue weighted by Gasteiger charge is 2.62. The normalized spacial score (nSPS) is 26.6. The maximum atomic E-state index is 12.6. The number of likely N-dealkylation sites (tertiary alicyclic amines) is 1. The lowest BCUT2D eigenvalue weighted by Crippen LogP contribution is -2.68. The summed E-state index contributed by atoms with van der Waals surface area (Å²) in [7, 11) is -3.21. The van der Waals surface area contributed by atoms with Gasteiger partial charge >= 0.3 is 0 Å². The maximum absolute atomic E-state index is 12.6. The Morgan fingerprint density at radius 3 is 2.68 bits per heavy atom. The van der Waals surface area contributed by atoms with Crippen LogP contribution in [0.3, 0.4) is 0 Å². The second-order valence-electron chi connectivity index (χ2n) is 7.56. The number of rotatable bonds is 5. The number of aromatic hydroxyl groups is 1. The third-order valence-corrected chi connectivity index (χ3v) is 8.37. The van der Waals surface area contributed by atoms with Crippen LogP contribution in [0.25, 0.3) is 0 Å². The Balaban J connectivity index is 1.44. The summed E-state index contributed by atoms with van der Waals surface area (Å²) in [5.41, 5.74) is 0.381. The van der Waals surface area contributed by atoms with Crippen LogP contribution >= 0.6 is 0 Å². The maximum Gasteiger partial charge on any atom is 0.254 e. The molecule has 1 atom stereocenters. The molecular weight excluding hydrogens is 342 g/mol. The van der Waals surface area contributed by atoms with Gasteiger partial charge in [-0.1, -0.05) is 6.07 Å². The Bertz CT molecular complexity index is 780. The number of sulfone groups is 1. The molecule has 136 valence electrons. The van der Waals surface area contributed by atoms with Gasteiger partial charge in [-0.2, -0.15) is 0 Å². The van der Waals surface area contributed by atoms with E-state index >= 15 is 0 Å². The molecule has 3 fully saturated rings. The van der Waals surface area contributed by atoms with Crippen molar-refractivity contribution in [1.82, 2.24) is 4.90 Å². The van der Waals surface area contributed by atoms with Gasteiger partial charge in [-0.15, -0.1) is 0 Å². The number of phenolic OH excluding ortho intramolecular Hbond substituents is 1. The molecule has 1 aromatic carbocycles. The number of phenols is 1. The fourth-order valence-electron chi connectivity index (χ4n) is 3.93. The number of nitrogens with zero attached hydrogens (tertiary/aromatic N) is 1. The molecule has 0 bridgehead atoms. The topological polar surface area (TPSA) is 83.9 Å². The van der Waals surface area contributed by atoms with Gasteiger partial charge in [0.15, 0.2) is 9.84 Å². The van der Waals surface area contributed by atoms with E-state index in [1.807, 2.05) is 0 Å². The molecule has 0 unspecified atom stereocenters. The van der Waals surface area contributed by atoms with E-state index in [9.17, 15) is 18.3 Å². The van der Waals surface area contributed by atoms with Crippen molar-refractivity contribution in [3.8, 4) is 5.75 Å². The van der Waals surface area contributed by atoms with E-state index in [0.29, 0.717) is 24.5 Å². The molecule has 25 heavy (non-hydrogen) atoms. The van der Waals surface area contributed by atoms with Gasteiger partial charge in [0.2, 0.25) is 0 Å². The molecule has 0 aromatic heterocycles. The SMILES string of the molecule is O=C(c1cccc(O)c1)N1CC2(C1)[C@@H](COCC1CC1)CCS2(=O)=O. The molecule has 1 aromatic rings. The second-order valence-corrected chi connectivity index (χ2v) is 10.0. The highest BCUT2D eigenvalue weighted by atomic mass is 32.2. The zero-order valence-electron chi connectivity index (χ0n) is 14.1. The van der Waals surface area contributed by atoms with Gasteiger partial charge in [0.1, 0.15) is 10.5 Å². The molecule has 1 N–H and O–H groups in total. The molecule has 6 nitrogen and oxygen atoms in total. The Morgan fingerprint density at radius 2 is 2.00 bits per heavy atom. The highest BCUT2D eigenvalue weighted by molar-refractivity contribution is 7.93. The zero-order chi connectivity index (χ0) is 17.7. The van der Waals surface area contributed by atoms with Crippen molar-refractivity contribution in [2.24, 2.45) is 11.8 Å². The second kappa shape index (κ2) is 5.99. The number of ether oxygens (including phenoxy) is 1. The molecule has 1 aliphatic carbocycles. The van der Waals surface area contributed by atoms with Crippen molar-refractivity contribution in [3.63, 3.8) is 0 Å². The van der Waals surface area contributed by atoms with Gasteiger partial charge in [-0.25, -0.2) is 8.42 Å². The first kappa shape index (κ1) is 16.8. The van der Waals surface area contributed by atoms with E-state index < -0.39 is 14.6 Å². The third-order valence-electron chi connectivity index (χ3n) is 5.77. The van der Waals surface area contributed by atoms with Crippen LogP contribution in [0, 0.1) is 11.8 Å². The van der Waals surface area contributed by atoms with Crippen molar-refractivity contribution in [3.05, 3.63) is 29.8 Å². The molecule has 2 aliphatic heterocycles. The fraction of sp³-hybridized carbons (Fsp3) is 0.611. The number of carbonyl (C=O) groups excluding carboxylic acids is 1. The average molecular weight is 365 g/mol. The fourth-order valence-corrected chi connectivity index (χ4v) is 6.33. The number of carbonyl (C=O) groups is 1. The van der Waals surface area contributed by atoms with Gasteiger partial charge in [0.05, 0.1) is 12.4 Å². The monoisotopic (exact) mass is 365 g/mol. The number of amides is 1. The van der Waals surface area contributed by atoms with Gasteiger partial charge in [0, 0.05) is 31.2 Å². The summed E-state index contributed by atoms with van der Waals surface area (Å²) >= 11 is 0. The standard InChI is InChI=1S/C18H23NO5S/c20-16-3-1-2-14(8-16)17(21)19-11-18(12-19)15(6-7-25(18,22)23)10-24-9-13-4-5-13/h1-3,8,13,15,20H,4-7,9-12H2/t15-/m1/s1. The van der Waals surface area contributed by atoms with E-state index in [0.717, 1.165) is 6.61 Å². The lowest BCUT2D eigenvalue weighted by atomic mass is 9.83. The minimum atomic E-state index is -3.21. The first-order valence-electron chi connectivity index (χ1n) is 8.80. The average Bonchev–Trinajstić information content (AvgIpc) is 3.30. The molecule has 3 aliphatic rings. The molecule has 1 amide bonds. The minimum Gasteiger partial charge on any atom is -0.508 e.